The molecule has 2 aromatic rings. The van der Waals surface area contributed by atoms with E-state index in [-0.39, 0.29) is 19.7 Å². The SMILES string of the molecule is Nc1[nH]c(=S)ncc1S(=O)(=O)c1cccs1. The van der Waals surface area contributed by atoms with Crippen LogP contribution in [0.1, 0.15) is 0 Å². The minimum atomic E-state index is -3.59. The summed E-state index contributed by atoms with van der Waals surface area (Å²) in [7, 11) is -3.59. The number of nitrogens with two attached hydrogens (primary N) is 1. The highest BCUT2D eigenvalue weighted by atomic mass is 32.2. The lowest BCUT2D eigenvalue weighted by atomic mass is 10.6. The van der Waals surface area contributed by atoms with Crippen LogP contribution in [0.15, 0.2) is 32.8 Å². The number of nitrogens with one attached hydrogen (secondary N) is 1. The summed E-state index contributed by atoms with van der Waals surface area (Å²) in [6.07, 6.45) is 1.17. The Hall–Kier alpha value is -1.25. The summed E-state index contributed by atoms with van der Waals surface area (Å²) in [6.45, 7) is 0. The van der Waals surface area contributed by atoms with Gasteiger partial charge in [-0.1, -0.05) is 6.07 Å². The molecule has 0 aliphatic heterocycles. The van der Waals surface area contributed by atoms with Crippen LogP contribution in [0.3, 0.4) is 0 Å². The van der Waals surface area contributed by atoms with E-state index in [4.69, 9.17) is 18.0 Å². The molecule has 84 valence electrons. The van der Waals surface area contributed by atoms with E-state index in [0.29, 0.717) is 0 Å². The molecule has 8 heteroatoms. The Kier molecular flexibility index (Phi) is 2.78. The van der Waals surface area contributed by atoms with Crippen LogP contribution in [0.2, 0.25) is 0 Å². The van der Waals surface area contributed by atoms with Crippen LogP contribution in [-0.2, 0) is 9.84 Å². The summed E-state index contributed by atoms with van der Waals surface area (Å²) in [5.74, 6) is 0.00778. The van der Waals surface area contributed by atoms with Crippen molar-refractivity contribution >= 4 is 39.2 Å². The number of H-pyrrole nitrogens is 1. The quantitative estimate of drug-likeness (QED) is 0.812. The summed E-state index contributed by atoms with van der Waals surface area (Å²) in [5.41, 5.74) is 5.58. The maximum atomic E-state index is 12.1. The van der Waals surface area contributed by atoms with Crippen LogP contribution < -0.4 is 5.73 Å². The average Bonchev–Trinajstić information content (AvgIpc) is 2.69. The van der Waals surface area contributed by atoms with Crippen molar-refractivity contribution in [2.75, 3.05) is 5.73 Å². The average molecular weight is 273 g/mol. The normalized spacial score (nSPS) is 11.5. The number of hydrogen-bond donors (Lipinski definition) is 2. The number of nitrogen functional groups attached to an aromatic ring is 1. The molecule has 16 heavy (non-hydrogen) atoms. The maximum absolute atomic E-state index is 12.1. The van der Waals surface area contributed by atoms with Crippen molar-refractivity contribution < 1.29 is 8.42 Å². The molecule has 3 N–H and O–H groups in total. The summed E-state index contributed by atoms with van der Waals surface area (Å²) >= 11 is 5.87. The Bertz CT molecular complexity index is 658. The van der Waals surface area contributed by atoms with Gasteiger partial charge in [0, 0.05) is 0 Å². The third-order valence-corrected chi connectivity index (χ3v) is 5.24. The number of anilines is 1. The molecular weight excluding hydrogens is 266 g/mol. The second-order valence-corrected chi connectivity index (χ2v) is 6.38. The maximum Gasteiger partial charge on any atom is 0.221 e. The van der Waals surface area contributed by atoms with Gasteiger partial charge >= 0.3 is 0 Å². The fourth-order valence-electron chi connectivity index (χ4n) is 1.13. The number of rotatable bonds is 2. The zero-order valence-corrected chi connectivity index (χ0v) is 10.3. The molecule has 2 rings (SSSR count). The van der Waals surface area contributed by atoms with E-state index in [1.54, 1.807) is 11.4 Å². The van der Waals surface area contributed by atoms with E-state index in [9.17, 15) is 8.42 Å². The predicted molar refractivity (Wildman–Crippen MR) is 63.6 cm³/mol. The third-order valence-electron chi connectivity index (χ3n) is 1.86. The Labute approximate surface area is 101 Å². The first-order valence-electron chi connectivity index (χ1n) is 4.15. The molecule has 0 amide bonds. The molecule has 0 bridgehead atoms. The highest BCUT2D eigenvalue weighted by Crippen LogP contribution is 2.26. The Morgan fingerprint density at radius 3 is 2.81 bits per heavy atom. The standard InChI is InChI=1S/C8H7N3O2S3/c9-7-5(4-10-8(14)11-7)16(12,13)6-2-1-3-15-6/h1-4H,(H3,9,10,11,14). The van der Waals surface area contributed by atoms with Gasteiger partial charge in [-0.15, -0.1) is 11.3 Å². The van der Waals surface area contributed by atoms with E-state index in [0.717, 1.165) is 11.3 Å². The molecule has 0 fully saturated rings. The molecule has 0 saturated heterocycles. The molecule has 0 saturated carbocycles. The zero-order valence-electron chi connectivity index (χ0n) is 7.88. The van der Waals surface area contributed by atoms with Crippen molar-refractivity contribution in [3.05, 3.63) is 28.5 Å². The van der Waals surface area contributed by atoms with E-state index in [1.165, 1.54) is 12.3 Å². The molecule has 0 unspecified atom stereocenters. The molecule has 0 aliphatic carbocycles. The summed E-state index contributed by atoms with van der Waals surface area (Å²) in [6, 6.07) is 3.17. The van der Waals surface area contributed by atoms with Crippen molar-refractivity contribution in [1.82, 2.24) is 9.97 Å². The van der Waals surface area contributed by atoms with Crippen LogP contribution in [0, 0.1) is 4.77 Å². The number of thiophene rings is 1. The van der Waals surface area contributed by atoms with Gasteiger partial charge in [0.2, 0.25) is 9.84 Å². The van der Waals surface area contributed by atoms with Crippen molar-refractivity contribution in [3.63, 3.8) is 0 Å². The van der Waals surface area contributed by atoms with Gasteiger partial charge in [-0.25, -0.2) is 13.4 Å². The number of nitrogens with zero attached hydrogens (tertiary/aromatic N) is 1. The lowest BCUT2D eigenvalue weighted by Crippen LogP contribution is -2.06. The fourth-order valence-corrected chi connectivity index (χ4v) is 3.70. The monoisotopic (exact) mass is 273 g/mol. The van der Waals surface area contributed by atoms with Gasteiger partial charge in [0.1, 0.15) is 14.9 Å². The van der Waals surface area contributed by atoms with Gasteiger partial charge in [0.05, 0.1) is 6.20 Å². The summed E-state index contributed by atoms with van der Waals surface area (Å²) in [4.78, 5) is 6.18. The Balaban J connectivity index is 2.66. The molecule has 2 heterocycles. The third kappa shape index (κ3) is 1.86. The van der Waals surface area contributed by atoms with E-state index >= 15 is 0 Å². The van der Waals surface area contributed by atoms with Crippen LogP contribution in [-0.4, -0.2) is 18.4 Å². The minimum Gasteiger partial charge on any atom is -0.384 e. The Morgan fingerprint density at radius 2 is 2.25 bits per heavy atom. The zero-order chi connectivity index (χ0) is 11.8. The van der Waals surface area contributed by atoms with Gasteiger partial charge in [-0.3, -0.25) is 0 Å². The van der Waals surface area contributed by atoms with E-state index in [1.807, 2.05) is 0 Å². The van der Waals surface area contributed by atoms with Gasteiger partial charge < -0.3 is 10.7 Å². The topological polar surface area (TPSA) is 88.8 Å². The number of aromatic nitrogens is 2. The first-order valence-corrected chi connectivity index (χ1v) is 6.92. The summed E-state index contributed by atoms with van der Waals surface area (Å²) < 4.78 is 24.5. The molecular formula is C8H7N3O2S3. The van der Waals surface area contributed by atoms with E-state index in [2.05, 4.69) is 9.97 Å². The van der Waals surface area contributed by atoms with Gasteiger partial charge in [0.15, 0.2) is 4.77 Å². The largest absolute Gasteiger partial charge is 0.384 e. The molecule has 0 aromatic carbocycles. The van der Waals surface area contributed by atoms with Crippen LogP contribution >= 0.6 is 23.6 Å². The second-order valence-electron chi connectivity index (χ2n) is 2.90. The molecule has 0 spiro atoms. The Morgan fingerprint density at radius 1 is 1.50 bits per heavy atom. The minimum absolute atomic E-state index is 0.00778. The van der Waals surface area contributed by atoms with Crippen molar-refractivity contribution in [2.45, 2.75) is 9.10 Å². The van der Waals surface area contributed by atoms with Crippen molar-refractivity contribution in [1.29, 1.82) is 0 Å². The van der Waals surface area contributed by atoms with Crippen LogP contribution in [0.4, 0.5) is 5.82 Å². The highest BCUT2D eigenvalue weighted by Gasteiger charge is 2.22. The lowest BCUT2D eigenvalue weighted by Gasteiger charge is -2.04. The molecule has 0 aliphatic rings. The predicted octanol–water partition coefficient (Wildman–Crippen LogP) is 1.62. The van der Waals surface area contributed by atoms with Gasteiger partial charge in [0.25, 0.3) is 0 Å². The van der Waals surface area contributed by atoms with E-state index < -0.39 is 9.84 Å². The number of hydrogen-bond acceptors (Lipinski definition) is 6. The first kappa shape index (κ1) is 11.2. The molecule has 5 nitrogen and oxygen atoms in total. The van der Waals surface area contributed by atoms with Gasteiger partial charge in [-0.2, -0.15) is 0 Å². The molecule has 2 aromatic heterocycles. The second kappa shape index (κ2) is 3.96. The molecule has 0 radical (unpaired) electrons. The lowest BCUT2D eigenvalue weighted by molar-refractivity contribution is 0.597. The highest BCUT2D eigenvalue weighted by molar-refractivity contribution is 7.93. The van der Waals surface area contributed by atoms with Crippen molar-refractivity contribution in [3.8, 4) is 0 Å². The fraction of sp³-hybridized carbons (Fsp3) is 0. The van der Waals surface area contributed by atoms with Crippen molar-refractivity contribution in [2.24, 2.45) is 0 Å². The first-order chi connectivity index (χ1) is 7.51. The number of aromatic amines is 1. The number of sulfone groups is 1. The van der Waals surface area contributed by atoms with Gasteiger partial charge in [-0.05, 0) is 23.7 Å². The smallest absolute Gasteiger partial charge is 0.221 e. The molecule has 0 atom stereocenters. The summed E-state index contributed by atoms with van der Waals surface area (Å²) in [5, 5.41) is 1.68. The van der Waals surface area contributed by atoms with Crippen LogP contribution in [0.25, 0.3) is 0 Å². The van der Waals surface area contributed by atoms with Crippen LogP contribution in [0.5, 0.6) is 0 Å².